The Morgan fingerprint density at radius 1 is 1.12 bits per heavy atom. The van der Waals surface area contributed by atoms with Crippen molar-refractivity contribution in [3.63, 3.8) is 0 Å². The molecule has 1 fully saturated rings. The van der Waals surface area contributed by atoms with E-state index >= 15 is 0 Å². The molecular weight excluding hydrogens is 348 g/mol. The second-order valence-electron chi connectivity index (χ2n) is 7.03. The molecule has 4 rings (SSSR count). The van der Waals surface area contributed by atoms with Gasteiger partial charge < -0.3 is 15.0 Å². The largest absolute Gasteiger partial charge is 0.490 e. The molecule has 2 heterocycles. The first-order valence-corrected chi connectivity index (χ1v) is 11.0. The van der Waals surface area contributed by atoms with Crippen molar-refractivity contribution in [3.05, 3.63) is 48.0 Å². The van der Waals surface area contributed by atoms with Gasteiger partial charge in [0.1, 0.15) is 11.9 Å². The molecule has 2 aliphatic heterocycles. The third-order valence-electron chi connectivity index (χ3n) is 5.09. The summed E-state index contributed by atoms with van der Waals surface area (Å²) in [6, 6.07) is 13.6. The molecule has 0 aliphatic carbocycles. The van der Waals surface area contributed by atoms with Gasteiger partial charge in [-0.1, -0.05) is 6.07 Å². The first kappa shape index (κ1) is 17.4. The third kappa shape index (κ3) is 3.57. The van der Waals surface area contributed by atoms with Crippen molar-refractivity contribution in [2.45, 2.75) is 30.3 Å². The molecule has 0 atom stereocenters. The minimum absolute atomic E-state index is 0.273. The van der Waals surface area contributed by atoms with Gasteiger partial charge in [0.05, 0.1) is 4.90 Å². The molecule has 5 nitrogen and oxygen atoms in total. The SMILES string of the molecule is CS(=O)(=O)c1ccc2c(c1)CCN2c1cccc(OC2CCNCC2)c1. The van der Waals surface area contributed by atoms with Gasteiger partial charge in [0, 0.05) is 30.2 Å². The predicted molar refractivity (Wildman–Crippen MR) is 103 cm³/mol. The number of fused-ring (bicyclic) bond motifs is 1. The zero-order valence-electron chi connectivity index (χ0n) is 14.9. The Labute approximate surface area is 154 Å². The molecule has 2 aromatic carbocycles. The normalized spacial score (nSPS) is 18.0. The summed E-state index contributed by atoms with van der Waals surface area (Å²) in [5.74, 6) is 0.899. The lowest BCUT2D eigenvalue weighted by atomic mass is 10.1. The fourth-order valence-corrected chi connectivity index (χ4v) is 4.38. The second kappa shape index (κ2) is 6.93. The molecule has 6 heteroatoms. The monoisotopic (exact) mass is 372 g/mol. The van der Waals surface area contributed by atoms with E-state index in [1.165, 1.54) is 6.26 Å². The average Bonchev–Trinajstić information content (AvgIpc) is 3.05. The molecule has 0 amide bonds. The fraction of sp³-hybridized carbons (Fsp3) is 0.400. The summed E-state index contributed by atoms with van der Waals surface area (Å²) in [5.41, 5.74) is 3.25. The zero-order valence-corrected chi connectivity index (χ0v) is 15.8. The maximum absolute atomic E-state index is 11.8. The highest BCUT2D eigenvalue weighted by molar-refractivity contribution is 7.90. The summed E-state index contributed by atoms with van der Waals surface area (Å²) < 4.78 is 29.7. The quantitative estimate of drug-likeness (QED) is 0.894. The van der Waals surface area contributed by atoms with Gasteiger partial charge in [-0.05, 0) is 68.2 Å². The van der Waals surface area contributed by atoms with Crippen molar-refractivity contribution < 1.29 is 13.2 Å². The van der Waals surface area contributed by atoms with Gasteiger partial charge in [-0.15, -0.1) is 0 Å². The van der Waals surface area contributed by atoms with Gasteiger partial charge in [-0.25, -0.2) is 8.42 Å². The maximum Gasteiger partial charge on any atom is 0.175 e. The van der Waals surface area contributed by atoms with Gasteiger partial charge in [0.15, 0.2) is 9.84 Å². The van der Waals surface area contributed by atoms with Gasteiger partial charge in [-0.2, -0.15) is 0 Å². The van der Waals surface area contributed by atoms with Crippen molar-refractivity contribution in [2.75, 3.05) is 30.8 Å². The van der Waals surface area contributed by atoms with Crippen molar-refractivity contribution in [3.8, 4) is 5.75 Å². The number of sulfone groups is 1. The highest BCUT2D eigenvalue weighted by Gasteiger charge is 2.23. The summed E-state index contributed by atoms with van der Waals surface area (Å²) in [7, 11) is -3.17. The molecule has 2 aliphatic rings. The van der Waals surface area contributed by atoms with E-state index in [0.29, 0.717) is 4.90 Å². The topological polar surface area (TPSA) is 58.6 Å². The number of benzene rings is 2. The summed E-state index contributed by atoms with van der Waals surface area (Å²) in [4.78, 5) is 2.62. The van der Waals surface area contributed by atoms with Gasteiger partial charge >= 0.3 is 0 Å². The fourth-order valence-electron chi connectivity index (χ4n) is 3.71. The molecule has 138 valence electrons. The van der Waals surface area contributed by atoms with E-state index in [9.17, 15) is 8.42 Å². The summed E-state index contributed by atoms with van der Waals surface area (Å²) >= 11 is 0. The third-order valence-corrected chi connectivity index (χ3v) is 6.20. The lowest BCUT2D eigenvalue weighted by molar-refractivity contribution is 0.162. The minimum atomic E-state index is -3.17. The number of anilines is 2. The van der Waals surface area contributed by atoms with Crippen LogP contribution in [0.25, 0.3) is 0 Å². The molecule has 0 bridgehead atoms. The van der Waals surface area contributed by atoms with Crippen LogP contribution in [0.3, 0.4) is 0 Å². The molecule has 0 unspecified atom stereocenters. The summed E-state index contributed by atoms with van der Waals surface area (Å²) in [6.07, 6.45) is 4.44. The Kier molecular flexibility index (Phi) is 4.63. The molecule has 26 heavy (non-hydrogen) atoms. The Hall–Kier alpha value is -2.05. The van der Waals surface area contributed by atoms with Crippen LogP contribution in [0.15, 0.2) is 47.4 Å². The maximum atomic E-state index is 11.8. The molecule has 0 spiro atoms. The van der Waals surface area contributed by atoms with Gasteiger partial charge in [0.2, 0.25) is 0 Å². The van der Waals surface area contributed by atoms with Crippen molar-refractivity contribution in [1.29, 1.82) is 0 Å². The average molecular weight is 372 g/mol. The summed E-state index contributed by atoms with van der Waals surface area (Å²) in [5, 5.41) is 3.35. The Morgan fingerprint density at radius 2 is 1.92 bits per heavy atom. The second-order valence-corrected chi connectivity index (χ2v) is 9.04. The van der Waals surface area contributed by atoms with E-state index < -0.39 is 9.84 Å². The molecule has 2 aromatic rings. The van der Waals surface area contributed by atoms with Crippen LogP contribution in [0, 0.1) is 0 Å². The van der Waals surface area contributed by atoms with Crippen LogP contribution >= 0.6 is 0 Å². The van der Waals surface area contributed by atoms with E-state index in [-0.39, 0.29) is 6.10 Å². The number of hydrogen-bond donors (Lipinski definition) is 1. The van der Waals surface area contributed by atoms with E-state index in [2.05, 4.69) is 22.3 Å². The number of piperidine rings is 1. The Bertz CT molecular complexity index is 905. The molecule has 0 radical (unpaired) electrons. The number of nitrogens with zero attached hydrogens (tertiary/aromatic N) is 1. The van der Waals surface area contributed by atoms with Crippen LogP contribution < -0.4 is 15.0 Å². The number of rotatable bonds is 4. The van der Waals surface area contributed by atoms with E-state index in [0.717, 1.165) is 61.6 Å². The van der Waals surface area contributed by atoms with E-state index in [1.807, 2.05) is 18.2 Å². The molecule has 0 aromatic heterocycles. The highest BCUT2D eigenvalue weighted by atomic mass is 32.2. The van der Waals surface area contributed by atoms with Crippen LogP contribution in [-0.2, 0) is 16.3 Å². The predicted octanol–water partition coefficient (Wildman–Crippen LogP) is 2.92. The summed E-state index contributed by atoms with van der Waals surface area (Å²) in [6.45, 7) is 2.86. The lowest BCUT2D eigenvalue weighted by Crippen LogP contribution is -2.34. The van der Waals surface area contributed by atoms with Crippen LogP contribution in [0.5, 0.6) is 5.75 Å². The van der Waals surface area contributed by atoms with Crippen molar-refractivity contribution in [1.82, 2.24) is 5.32 Å². The number of nitrogens with one attached hydrogen (secondary N) is 1. The van der Waals surface area contributed by atoms with Crippen LogP contribution in [0.1, 0.15) is 18.4 Å². The van der Waals surface area contributed by atoms with Crippen LogP contribution in [0.4, 0.5) is 11.4 Å². The standard InChI is InChI=1S/C20H24N2O3S/c1-26(23,24)19-5-6-20-15(13-19)9-12-22(20)16-3-2-4-18(14-16)25-17-7-10-21-11-8-17/h2-6,13-14,17,21H,7-12H2,1H3. The molecule has 1 saturated heterocycles. The van der Waals surface area contributed by atoms with Gasteiger partial charge in [0.25, 0.3) is 0 Å². The first-order valence-electron chi connectivity index (χ1n) is 9.09. The first-order chi connectivity index (χ1) is 12.5. The van der Waals surface area contributed by atoms with E-state index in [4.69, 9.17) is 4.74 Å². The van der Waals surface area contributed by atoms with Crippen LogP contribution in [-0.4, -0.2) is 40.4 Å². The molecular formula is C20H24N2O3S. The minimum Gasteiger partial charge on any atom is -0.490 e. The molecule has 0 saturated carbocycles. The Balaban J connectivity index is 1.57. The smallest absolute Gasteiger partial charge is 0.175 e. The number of hydrogen-bond acceptors (Lipinski definition) is 5. The van der Waals surface area contributed by atoms with Crippen LogP contribution in [0.2, 0.25) is 0 Å². The lowest BCUT2D eigenvalue weighted by Gasteiger charge is -2.25. The van der Waals surface area contributed by atoms with Gasteiger partial charge in [-0.3, -0.25) is 0 Å². The molecule has 1 N–H and O–H groups in total. The van der Waals surface area contributed by atoms with E-state index in [1.54, 1.807) is 12.1 Å². The van der Waals surface area contributed by atoms with Crippen molar-refractivity contribution >= 4 is 21.2 Å². The number of ether oxygens (including phenoxy) is 1. The van der Waals surface area contributed by atoms with Crippen molar-refractivity contribution in [2.24, 2.45) is 0 Å². The Morgan fingerprint density at radius 3 is 2.69 bits per heavy atom. The highest BCUT2D eigenvalue weighted by Crippen LogP contribution is 2.37. The zero-order chi connectivity index (χ0) is 18.1.